The quantitative estimate of drug-likeness (QED) is 0.423. The van der Waals surface area contributed by atoms with Crippen LogP contribution in [-0.2, 0) is 13.1 Å². The van der Waals surface area contributed by atoms with E-state index in [4.69, 9.17) is 9.52 Å². The zero-order chi connectivity index (χ0) is 20.5. The summed E-state index contributed by atoms with van der Waals surface area (Å²) in [5.41, 5.74) is 3.17. The Hall–Kier alpha value is -3.09. The highest BCUT2D eigenvalue weighted by Gasteiger charge is 2.13. The Kier molecular flexibility index (Phi) is 7.44. The van der Waals surface area contributed by atoms with Crippen LogP contribution in [0.25, 0.3) is 5.69 Å². The van der Waals surface area contributed by atoms with Crippen LogP contribution in [0.4, 0.5) is 0 Å². The number of guanidine groups is 1. The number of rotatable bonds is 9. The minimum atomic E-state index is 0.455. The number of nitrogens with zero attached hydrogens (tertiary/aromatic N) is 4. The Morgan fingerprint density at radius 3 is 2.72 bits per heavy atom. The second-order valence-corrected chi connectivity index (χ2v) is 6.90. The van der Waals surface area contributed by atoms with Crippen LogP contribution in [0.15, 0.2) is 58.3 Å². The molecule has 0 aliphatic heterocycles. The maximum atomic E-state index is 5.49. The molecule has 2 N–H and O–H groups in total. The van der Waals surface area contributed by atoms with Gasteiger partial charge in [-0.15, -0.1) is 0 Å². The summed E-state index contributed by atoms with van der Waals surface area (Å²) < 4.78 is 7.34. The van der Waals surface area contributed by atoms with Crippen LogP contribution in [-0.4, -0.2) is 27.4 Å². The highest BCUT2D eigenvalue weighted by atomic mass is 16.5. The summed E-state index contributed by atoms with van der Waals surface area (Å²) in [6, 6.07) is 12.2. The predicted octanol–water partition coefficient (Wildman–Crippen LogP) is 4.02. The smallest absolute Gasteiger partial charge is 0.191 e. The SMILES string of the molecule is CCNC(=NCc1cccc(-n2cccn2)c1)NCc1cc(C(CC)CC)no1. The lowest BCUT2D eigenvalue weighted by Gasteiger charge is -2.10. The van der Waals surface area contributed by atoms with Crippen molar-refractivity contribution in [3.05, 3.63) is 65.8 Å². The molecule has 0 fully saturated rings. The van der Waals surface area contributed by atoms with Gasteiger partial charge in [-0.25, -0.2) is 9.67 Å². The van der Waals surface area contributed by atoms with Gasteiger partial charge in [0.05, 0.1) is 24.5 Å². The average molecular weight is 395 g/mol. The zero-order valence-electron chi connectivity index (χ0n) is 17.4. The summed E-state index contributed by atoms with van der Waals surface area (Å²) in [5, 5.41) is 15.1. The first-order chi connectivity index (χ1) is 14.2. The summed E-state index contributed by atoms with van der Waals surface area (Å²) in [6.45, 7) is 8.31. The van der Waals surface area contributed by atoms with Gasteiger partial charge in [0.1, 0.15) is 0 Å². The molecule has 0 saturated carbocycles. The third-order valence-electron chi connectivity index (χ3n) is 4.85. The van der Waals surface area contributed by atoms with Crippen molar-refractivity contribution in [2.75, 3.05) is 6.54 Å². The highest BCUT2D eigenvalue weighted by molar-refractivity contribution is 5.79. The van der Waals surface area contributed by atoms with Crippen molar-refractivity contribution >= 4 is 5.96 Å². The van der Waals surface area contributed by atoms with E-state index in [2.05, 4.69) is 53.8 Å². The van der Waals surface area contributed by atoms with E-state index in [1.54, 1.807) is 6.20 Å². The van der Waals surface area contributed by atoms with E-state index in [1.165, 1.54) is 0 Å². The Balaban J connectivity index is 1.62. The molecule has 1 aromatic carbocycles. The van der Waals surface area contributed by atoms with E-state index in [9.17, 15) is 0 Å². The molecular formula is C22H30N6O. The molecule has 0 radical (unpaired) electrons. The van der Waals surface area contributed by atoms with E-state index >= 15 is 0 Å². The molecule has 0 spiro atoms. The molecule has 2 heterocycles. The molecular weight excluding hydrogens is 364 g/mol. The van der Waals surface area contributed by atoms with Crippen LogP contribution in [0.2, 0.25) is 0 Å². The fourth-order valence-electron chi connectivity index (χ4n) is 3.21. The first-order valence-electron chi connectivity index (χ1n) is 10.3. The number of hydrogen-bond donors (Lipinski definition) is 2. The molecule has 0 atom stereocenters. The van der Waals surface area contributed by atoms with E-state index in [1.807, 2.05) is 35.1 Å². The van der Waals surface area contributed by atoms with Crippen molar-refractivity contribution in [2.24, 2.45) is 4.99 Å². The molecule has 7 nitrogen and oxygen atoms in total. The predicted molar refractivity (Wildman–Crippen MR) is 115 cm³/mol. The lowest BCUT2D eigenvalue weighted by atomic mass is 9.99. The standard InChI is InChI=1S/C22H30N6O/c1-4-18(5-2)21-14-20(29-27-21)16-25-22(23-6-3)24-15-17-9-7-10-19(13-17)28-12-8-11-26-28/h7-14,18H,4-6,15-16H2,1-3H3,(H2,23,24,25). The molecule has 154 valence electrons. The fraction of sp³-hybridized carbons (Fsp3) is 0.409. The van der Waals surface area contributed by atoms with Crippen molar-refractivity contribution in [1.82, 2.24) is 25.6 Å². The van der Waals surface area contributed by atoms with Crippen molar-refractivity contribution < 1.29 is 4.52 Å². The Bertz CT molecular complexity index is 896. The Morgan fingerprint density at radius 1 is 1.14 bits per heavy atom. The van der Waals surface area contributed by atoms with Crippen LogP contribution in [0, 0.1) is 0 Å². The van der Waals surface area contributed by atoms with Crippen LogP contribution in [0.1, 0.15) is 56.5 Å². The molecule has 0 aliphatic carbocycles. The van der Waals surface area contributed by atoms with Crippen LogP contribution in [0.3, 0.4) is 0 Å². The molecule has 3 rings (SSSR count). The molecule has 0 unspecified atom stereocenters. The van der Waals surface area contributed by atoms with Gasteiger partial charge < -0.3 is 15.2 Å². The third-order valence-corrected chi connectivity index (χ3v) is 4.85. The van der Waals surface area contributed by atoms with Gasteiger partial charge in [0.25, 0.3) is 0 Å². The maximum Gasteiger partial charge on any atom is 0.191 e. The van der Waals surface area contributed by atoms with Crippen LogP contribution >= 0.6 is 0 Å². The lowest BCUT2D eigenvalue weighted by molar-refractivity contribution is 0.368. The minimum absolute atomic E-state index is 0.455. The molecule has 3 aromatic rings. The normalized spacial score (nSPS) is 11.8. The molecule has 7 heteroatoms. The largest absolute Gasteiger partial charge is 0.359 e. The van der Waals surface area contributed by atoms with Gasteiger partial charge in [-0.05, 0) is 43.5 Å². The summed E-state index contributed by atoms with van der Waals surface area (Å²) >= 11 is 0. The van der Waals surface area contributed by atoms with Gasteiger partial charge in [-0.2, -0.15) is 5.10 Å². The van der Waals surface area contributed by atoms with Crippen LogP contribution < -0.4 is 10.6 Å². The number of hydrogen-bond acceptors (Lipinski definition) is 4. The average Bonchev–Trinajstić information content (AvgIpc) is 3.44. The fourth-order valence-corrected chi connectivity index (χ4v) is 3.21. The van der Waals surface area contributed by atoms with Gasteiger partial charge in [0.2, 0.25) is 0 Å². The van der Waals surface area contributed by atoms with Gasteiger partial charge in [0.15, 0.2) is 11.7 Å². The topological polar surface area (TPSA) is 80.3 Å². The Morgan fingerprint density at radius 2 is 2.00 bits per heavy atom. The lowest BCUT2D eigenvalue weighted by Crippen LogP contribution is -2.36. The van der Waals surface area contributed by atoms with Gasteiger partial charge in [-0.3, -0.25) is 0 Å². The summed E-state index contributed by atoms with van der Waals surface area (Å²) in [4.78, 5) is 4.70. The molecule has 2 aromatic heterocycles. The van der Waals surface area contributed by atoms with E-state index in [-0.39, 0.29) is 0 Å². The van der Waals surface area contributed by atoms with Crippen molar-refractivity contribution in [2.45, 2.75) is 52.6 Å². The molecule has 0 aliphatic rings. The van der Waals surface area contributed by atoms with Gasteiger partial charge in [0, 0.05) is 30.9 Å². The molecule has 29 heavy (non-hydrogen) atoms. The zero-order valence-corrected chi connectivity index (χ0v) is 17.4. The summed E-state index contributed by atoms with van der Waals surface area (Å²) in [7, 11) is 0. The number of aromatic nitrogens is 3. The van der Waals surface area contributed by atoms with E-state index in [0.29, 0.717) is 19.0 Å². The van der Waals surface area contributed by atoms with Crippen molar-refractivity contribution in [1.29, 1.82) is 0 Å². The monoisotopic (exact) mass is 394 g/mol. The maximum absolute atomic E-state index is 5.49. The number of nitrogens with one attached hydrogen (secondary N) is 2. The second kappa shape index (κ2) is 10.5. The first-order valence-corrected chi connectivity index (χ1v) is 10.3. The number of aliphatic imine (C=N–C) groups is 1. The van der Waals surface area contributed by atoms with Crippen LogP contribution in [0.5, 0.6) is 0 Å². The van der Waals surface area contributed by atoms with Crippen molar-refractivity contribution in [3.63, 3.8) is 0 Å². The summed E-state index contributed by atoms with van der Waals surface area (Å²) in [6.07, 6.45) is 5.84. The first kappa shape index (κ1) is 20.6. The van der Waals surface area contributed by atoms with Crippen molar-refractivity contribution in [3.8, 4) is 5.69 Å². The molecule has 0 saturated heterocycles. The van der Waals surface area contributed by atoms with E-state index < -0.39 is 0 Å². The summed E-state index contributed by atoms with van der Waals surface area (Å²) in [5.74, 6) is 2.02. The second-order valence-electron chi connectivity index (χ2n) is 6.90. The minimum Gasteiger partial charge on any atom is -0.359 e. The van der Waals surface area contributed by atoms with Gasteiger partial charge in [-0.1, -0.05) is 31.1 Å². The molecule has 0 bridgehead atoms. The van der Waals surface area contributed by atoms with E-state index in [0.717, 1.165) is 48.1 Å². The highest BCUT2D eigenvalue weighted by Crippen LogP contribution is 2.22. The molecule has 0 amide bonds. The Labute approximate surface area is 172 Å². The third kappa shape index (κ3) is 5.70. The number of benzene rings is 1. The van der Waals surface area contributed by atoms with Gasteiger partial charge >= 0.3 is 0 Å².